The standard InChI is InChI=1S/C16H15NO3S/c1-10-3-5-12(6-4-10)7-8-14(18)17-15-13(16(19)20)9-11(2)21-15/h3-9H,1-2H3,(H,17,18)(H,19,20). The average Bonchev–Trinajstić information content (AvgIpc) is 2.79. The minimum atomic E-state index is -1.04. The normalized spacial score (nSPS) is 10.8. The van der Waals surface area contributed by atoms with Crippen LogP contribution in [0.2, 0.25) is 0 Å². The van der Waals surface area contributed by atoms with E-state index in [1.165, 1.54) is 17.4 Å². The quantitative estimate of drug-likeness (QED) is 0.846. The van der Waals surface area contributed by atoms with Crippen molar-refractivity contribution in [3.63, 3.8) is 0 Å². The van der Waals surface area contributed by atoms with Gasteiger partial charge < -0.3 is 10.4 Å². The second kappa shape index (κ2) is 6.37. The molecular weight excluding hydrogens is 286 g/mol. The molecule has 0 aliphatic rings. The molecular formula is C16H15NO3S. The minimum absolute atomic E-state index is 0.120. The fourth-order valence-corrected chi connectivity index (χ4v) is 2.68. The van der Waals surface area contributed by atoms with Gasteiger partial charge in [-0.15, -0.1) is 11.3 Å². The van der Waals surface area contributed by atoms with Crippen LogP contribution in [-0.4, -0.2) is 17.0 Å². The fraction of sp³-hybridized carbons (Fsp3) is 0.125. The Morgan fingerprint density at radius 3 is 2.48 bits per heavy atom. The monoisotopic (exact) mass is 301 g/mol. The molecule has 0 aliphatic heterocycles. The number of aryl methyl sites for hydroxylation is 2. The molecule has 0 atom stereocenters. The Labute approximate surface area is 126 Å². The molecule has 1 heterocycles. The molecule has 2 rings (SSSR count). The molecule has 5 heteroatoms. The number of carbonyl (C=O) groups is 2. The van der Waals surface area contributed by atoms with Crippen molar-refractivity contribution in [3.8, 4) is 0 Å². The number of carboxylic acids is 1. The Hall–Kier alpha value is -2.40. The van der Waals surface area contributed by atoms with Gasteiger partial charge in [0.15, 0.2) is 0 Å². The number of carboxylic acid groups (broad SMARTS) is 1. The summed E-state index contributed by atoms with van der Waals surface area (Å²) in [5.41, 5.74) is 2.18. The number of nitrogens with one attached hydrogen (secondary N) is 1. The van der Waals surface area contributed by atoms with Crippen molar-refractivity contribution in [2.24, 2.45) is 0 Å². The maximum absolute atomic E-state index is 11.9. The summed E-state index contributed by atoms with van der Waals surface area (Å²) < 4.78 is 0. The smallest absolute Gasteiger partial charge is 0.338 e. The number of hydrogen-bond donors (Lipinski definition) is 2. The summed E-state index contributed by atoms with van der Waals surface area (Å²) in [5.74, 6) is -1.39. The van der Waals surface area contributed by atoms with Crippen LogP contribution in [0.1, 0.15) is 26.4 Å². The highest BCUT2D eigenvalue weighted by Crippen LogP contribution is 2.27. The van der Waals surface area contributed by atoms with Crippen LogP contribution in [0.25, 0.3) is 6.08 Å². The molecule has 0 bridgehead atoms. The number of anilines is 1. The van der Waals surface area contributed by atoms with Gasteiger partial charge in [-0.2, -0.15) is 0 Å². The van der Waals surface area contributed by atoms with Crippen LogP contribution >= 0.6 is 11.3 Å². The Morgan fingerprint density at radius 1 is 1.19 bits per heavy atom. The summed E-state index contributed by atoms with van der Waals surface area (Å²) in [6.07, 6.45) is 3.08. The van der Waals surface area contributed by atoms with E-state index in [0.717, 1.165) is 16.0 Å². The van der Waals surface area contributed by atoms with E-state index in [-0.39, 0.29) is 11.5 Å². The SMILES string of the molecule is Cc1ccc(C=CC(=O)Nc2sc(C)cc2C(=O)O)cc1. The van der Waals surface area contributed by atoms with E-state index in [2.05, 4.69) is 5.32 Å². The van der Waals surface area contributed by atoms with Crippen molar-refractivity contribution < 1.29 is 14.7 Å². The zero-order valence-electron chi connectivity index (χ0n) is 11.7. The largest absolute Gasteiger partial charge is 0.478 e. The number of carbonyl (C=O) groups excluding carboxylic acids is 1. The first kappa shape index (κ1) is 15.0. The van der Waals surface area contributed by atoms with Crippen molar-refractivity contribution in [3.05, 3.63) is 58.0 Å². The molecule has 0 unspecified atom stereocenters. The predicted molar refractivity (Wildman–Crippen MR) is 84.9 cm³/mol. The molecule has 1 amide bonds. The van der Waals surface area contributed by atoms with Gasteiger partial charge in [0, 0.05) is 11.0 Å². The van der Waals surface area contributed by atoms with Gasteiger partial charge in [0.25, 0.3) is 0 Å². The number of thiophene rings is 1. The molecule has 0 spiro atoms. The van der Waals surface area contributed by atoms with Gasteiger partial charge in [0.2, 0.25) is 5.91 Å². The van der Waals surface area contributed by atoms with E-state index < -0.39 is 5.97 Å². The van der Waals surface area contributed by atoms with Crippen LogP contribution in [0.5, 0.6) is 0 Å². The zero-order chi connectivity index (χ0) is 15.4. The lowest BCUT2D eigenvalue weighted by Crippen LogP contribution is -2.09. The summed E-state index contributed by atoms with van der Waals surface area (Å²) >= 11 is 1.25. The molecule has 1 aromatic carbocycles. The molecule has 4 nitrogen and oxygen atoms in total. The van der Waals surface area contributed by atoms with Gasteiger partial charge in [0.05, 0.1) is 5.56 Å². The second-order valence-corrected chi connectivity index (χ2v) is 5.89. The summed E-state index contributed by atoms with van der Waals surface area (Å²) in [7, 11) is 0. The summed E-state index contributed by atoms with van der Waals surface area (Å²) in [5, 5.41) is 12.0. The van der Waals surface area contributed by atoms with Gasteiger partial charge in [0.1, 0.15) is 5.00 Å². The van der Waals surface area contributed by atoms with E-state index in [4.69, 9.17) is 5.11 Å². The first-order chi connectivity index (χ1) is 9.95. The molecule has 21 heavy (non-hydrogen) atoms. The Balaban J connectivity index is 2.08. The van der Waals surface area contributed by atoms with E-state index in [9.17, 15) is 9.59 Å². The third-order valence-electron chi connectivity index (χ3n) is 2.83. The van der Waals surface area contributed by atoms with Crippen LogP contribution in [-0.2, 0) is 4.79 Å². The van der Waals surface area contributed by atoms with Crippen molar-refractivity contribution in [1.29, 1.82) is 0 Å². The van der Waals surface area contributed by atoms with Gasteiger partial charge in [-0.05, 0) is 31.6 Å². The van der Waals surface area contributed by atoms with Crippen LogP contribution in [0.4, 0.5) is 5.00 Å². The lowest BCUT2D eigenvalue weighted by Gasteiger charge is -2.00. The molecule has 0 saturated heterocycles. The molecule has 0 saturated carbocycles. The Bertz CT molecular complexity index is 699. The van der Waals surface area contributed by atoms with Gasteiger partial charge in [-0.1, -0.05) is 29.8 Å². The van der Waals surface area contributed by atoms with Gasteiger partial charge in [-0.3, -0.25) is 4.79 Å². The van der Waals surface area contributed by atoms with Crippen LogP contribution in [0, 0.1) is 13.8 Å². The number of rotatable bonds is 4. The molecule has 0 aliphatic carbocycles. The molecule has 0 fully saturated rings. The maximum atomic E-state index is 11.9. The Morgan fingerprint density at radius 2 is 1.86 bits per heavy atom. The van der Waals surface area contributed by atoms with Crippen molar-refractivity contribution in [2.45, 2.75) is 13.8 Å². The second-order valence-electron chi connectivity index (χ2n) is 4.64. The number of benzene rings is 1. The third-order valence-corrected chi connectivity index (χ3v) is 3.79. The van der Waals surface area contributed by atoms with E-state index >= 15 is 0 Å². The van der Waals surface area contributed by atoms with Crippen LogP contribution in [0.15, 0.2) is 36.4 Å². The van der Waals surface area contributed by atoms with Gasteiger partial charge in [-0.25, -0.2) is 4.79 Å². The lowest BCUT2D eigenvalue weighted by atomic mass is 10.1. The molecule has 1 aromatic heterocycles. The summed E-state index contributed by atoms with van der Waals surface area (Å²) in [4.78, 5) is 23.8. The maximum Gasteiger partial charge on any atom is 0.338 e. The third kappa shape index (κ3) is 4.03. The topological polar surface area (TPSA) is 66.4 Å². The molecule has 0 radical (unpaired) electrons. The van der Waals surface area contributed by atoms with Gasteiger partial charge >= 0.3 is 5.97 Å². The van der Waals surface area contributed by atoms with Crippen LogP contribution < -0.4 is 5.32 Å². The fourth-order valence-electron chi connectivity index (χ4n) is 1.77. The highest BCUT2D eigenvalue weighted by atomic mass is 32.1. The van der Waals surface area contributed by atoms with Crippen molar-refractivity contribution >= 4 is 34.3 Å². The predicted octanol–water partition coefficient (Wildman–Crippen LogP) is 3.72. The zero-order valence-corrected chi connectivity index (χ0v) is 12.5. The number of hydrogen-bond acceptors (Lipinski definition) is 3. The summed E-state index contributed by atoms with van der Waals surface area (Å²) in [6, 6.07) is 9.30. The first-order valence-corrected chi connectivity index (χ1v) is 7.17. The summed E-state index contributed by atoms with van der Waals surface area (Å²) in [6.45, 7) is 3.79. The van der Waals surface area contributed by atoms with Crippen LogP contribution in [0.3, 0.4) is 0 Å². The highest BCUT2D eigenvalue weighted by Gasteiger charge is 2.14. The average molecular weight is 301 g/mol. The van der Waals surface area contributed by atoms with E-state index in [1.54, 1.807) is 19.1 Å². The molecule has 108 valence electrons. The number of aromatic carboxylic acids is 1. The van der Waals surface area contributed by atoms with Crippen molar-refractivity contribution in [1.82, 2.24) is 0 Å². The molecule has 2 N–H and O–H groups in total. The first-order valence-electron chi connectivity index (χ1n) is 6.35. The Kier molecular flexibility index (Phi) is 4.55. The minimum Gasteiger partial charge on any atom is -0.478 e. The van der Waals surface area contributed by atoms with E-state index in [0.29, 0.717) is 5.00 Å². The highest BCUT2D eigenvalue weighted by molar-refractivity contribution is 7.16. The van der Waals surface area contributed by atoms with Crippen molar-refractivity contribution in [2.75, 3.05) is 5.32 Å². The number of amides is 1. The lowest BCUT2D eigenvalue weighted by molar-refractivity contribution is -0.111. The van der Waals surface area contributed by atoms with E-state index in [1.807, 2.05) is 31.2 Å². The molecule has 2 aromatic rings.